The van der Waals surface area contributed by atoms with E-state index < -0.39 is 5.82 Å². The maximum Gasteiger partial charge on any atom is 0.260 e. The molecule has 1 atom stereocenters. The molecule has 0 N–H and O–H groups in total. The third-order valence-electron chi connectivity index (χ3n) is 5.49. The topological polar surface area (TPSA) is 75.6 Å². The van der Waals surface area contributed by atoms with Gasteiger partial charge in [0.15, 0.2) is 18.2 Å². The van der Waals surface area contributed by atoms with E-state index in [-0.39, 0.29) is 30.1 Å². The molecule has 0 unspecified atom stereocenters. The molecule has 2 aromatic rings. The van der Waals surface area contributed by atoms with Crippen molar-refractivity contribution in [3.63, 3.8) is 0 Å². The Morgan fingerprint density at radius 1 is 1.24 bits per heavy atom. The van der Waals surface area contributed by atoms with Crippen LogP contribution in [0.2, 0.25) is 0 Å². The molecule has 29 heavy (non-hydrogen) atoms. The van der Waals surface area contributed by atoms with Gasteiger partial charge in [-0.2, -0.15) is 0 Å². The van der Waals surface area contributed by atoms with Crippen LogP contribution in [0.1, 0.15) is 36.3 Å². The largest absolute Gasteiger partial charge is 0.481 e. The first-order chi connectivity index (χ1) is 14.0. The average Bonchev–Trinajstić information content (AvgIpc) is 3.22. The van der Waals surface area contributed by atoms with Crippen LogP contribution < -0.4 is 4.74 Å². The van der Waals surface area contributed by atoms with Crippen LogP contribution >= 0.6 is 0 Å². The minimum Gasteiger partial charge on any atom is -0.481 e. The Morgan fingerprint density at radius 3 is 2.86 bits per heavy atom. The number of carbonyl (C=O) groups is 2. The number of benzene rings is 1. The summed E-state index contributed by atoms with van der Waals surface area (Å²) in [7, 11) is 0. The fraction of sp³-hybridized carbons (Fsp3) is 0.429. The third kappa shape index (κ3) is 4.21. The van der Waals surface area contributed by atoms with Crippen LogP contribution in [-0.4, -0.2) is 57.8 Å². The molecule has 0 spiro atoms. The Balaban J connectivity index is 1.35. The molecular weight excluding hydrogens is 375 g/mol. The Bertz CT molecular complexity index is 936. The molecule has 2 aliphatic rings. The lowest BCUT2D eigenvalue weighted by molar-refractivity contribution is -0.132. The molecule has 0 aliphatic carbocycles. The van der Waals surface area contributed by atoms with Crippen molar-refractivity contribution in [2.45, 2.75) is 32.2 Å². The Kier molecular flexibility index (Phi) is 5.42. The number of amides is 2. The van der Waals surface area contributed by atoms with Crippen molar-refractivity contribution in [2.75, 3.05) is 26.2 Å². The summed E-state index contributed by atoms with van der Waals surface area (Å²) >= 11 is 0. The molecule has 0 radical (unpaired) electrons. The second-order valence-corrected chi connectivity index (χ2v) is 7.44. The Morgan fingerprint density at radius 2 is 2.07 bits per heavy atom. The first-order valence-corrected chi connectivity index (χ1v) is 9.76. The number of nitrogens with zero attached hydrogens (tertiary/aromatic N) is 4. The number of para-hydroxylation sites is 1. The molecule has 0 bridgehead atoms. The van der Waals surface area contributed by atoms with E-state index in [2.05, 4.69) is 4.98 Å². The maximum absolute atomic E-state index is 13.6. The molecule has 2 amide bonds. The fourth-order valence-electron chi connectivity index (χ4n) is 3.79. The van der Waals surface area contributed by atoms with Crippen LogP contribution in [0.15, 0.2) is 30.5 Å². The van der Waals surface area contributed by atoms with Crippen molar-refractivity contribution in [1.82, 2.24) is 19.8 Å². The molecule has 152 valence electrons. The van der Waals surface area contributed by atoms with Gasteiger partial charge in [0.2, 0.25) is 5.91 Å². The lowest BCUT2D eigenvalue weighted by Crippen LogP contribution is -2.35. The van der Waals surface area contributed by atoms with Crippen molar-refractivity contribution in [3.05, 3.63) is 53.4 Å². The van der Waals surface area contributed by atoms with E-state index in [4.69, 9.17) is 9.72 Å². The smallest absolute Gasteiger partial charge is 0.260 e. The van der Waals surface area contributed by atoms with Gasteiger partial charge in [-0.15, -0.1) is 0 Å². The van der Waals surface area contributed by atoms with E-state index in [1.807, 2.05) is 0 Å². The van der Waals surface area contributed by atoms with Gasteiger partial charge >= 0.3 is 0 Å². The van der Waals surface area contributed by atoms with E-state index in [1.54, 1.807) is 35.1 Å². The number of hydrogen-bond acceptors (Lipinski definition) is 5. The number of fused-ring (bicyclic) bond motifs is 1. The molecule has 8 heteroatoms. The van der Waals surface area contributed by atoms with Gasteiger partial charge < -0.3 is 14.5 Å². The highest BCUT2D eigenvalue weighted by atomic mass is 19.1. The van der Waals surface area contributed by atoms with E-state index in [0.717, 1.165) is 29.9 Å². The number of carbonyl (C=O) groups excluding carboxylic acids is 2. The Hall–Kier alpha value is -3.03. The average molecular weight is 398 g/mol. The van der Waals surface area contributed by atoms with Crippen molar-refractivity contribution < 1.29 is 18.7 Å². The SMILES string of the molecule is CC(=O)N1CCc2nc([C@H]3CCN(C(=O)COc4ccccc4F)C3)ncc2C1. The monoisotopic (exact) mass is 398 g/mol. The normalized spacial score (nSPS) is 18.5. The van der Waals surface area contributed by atoms with Crippen LogP contribution in [0.5, 0.6) is 5.75 Å². The predicted molar refractivity (Wildman–Crippen MR) is 103 cm³/mol. The summed E-state index contributed by atoms with van der Waals surface area (Å²) in [6, 6.07) is 6.04. The van der Waals surface area contributed by atoms with Crippen LogP contribution in [0.3, 0.4) is 0 Å². The van der Waals surface area contributed by atoms with Crippen LogP contribution in [0.25, 0.3) is 0 Å². The van der Waals surface area contributed by atoms with Gasteiger partial charge in [-0.3, -0.25) is 9.59 Å². The van der Waals surface area contributed by atoms with E-state index in [1.165, 1.54) is 12.1 Å². The van der Waals surface area contributed by atoms with Crippen molar-refractivity contribution in [1.29, 1.82) is 0 Å². The lowest BCUT2D eigenvalue weighted by Gasteiger charge is -2.27. The fourth-order valence-corrected chi connectivity index (χ4v) is 3.79. The van der Waals surface area contributed by atoms with Crippen molar-refractivity contribution in [3.8, 4) is 5.75 Å². The summed E-state index contributed by atoms with van der Waals surface area (Å²) in [5.41, 5.74) is 1.97. The second-order valence-electron chi connectivity index (χ2n) is 7.44. The molecule has 7 nitrogen and oxygen atoms in total. The number of ether oxygens (including phenoxy) is 1. The number of hydrogen-bond donors (Lipinski definition) is 0. The van der Waals surface area contributed by atoms with Gasteiger partial charge in [-0.1, -0.05) is 12.1 Å². The molecule has 2 aliphatic heterocycles. The standard InChI is InChI=1S/C21H23FN4O3/c1-14(27)25-9-7-18-16(12-25)10-23-21(24-18)15-6-8-26(11-15)20(28)13-29-19-5-3-2-4-17(19)22/h2-5,10,15H,6-9,11-13H2,1H3/t15-/m0/s1. The van der Waals surface area contributed by atoms with Gasteiger partial charge in [0.05, 0.1) is 5.69 Å². The van der Waals surface area contributed by atoms with Crippen molar-refractivity contribution >= 4 is 11.8 Å². The van der Waals surface area contributed by atoms with Crippen LogP contribution in [-0.2, 0) is 22.6 Å². The molecule has 0 saturated carbocycles. The number of aromatic nitrogens is 2. The number of likely N-dealkylation sites (tertiary alicyclic amines) is 1. The van der Waals surface area contributed by atoms with Gasteiger partial charge in [0.1, 0.15) is 5.82 Å². The van der Waals surface area contributed by atoms with Gasteiger partial charge in [0.25, 0.3) is 5.91 Å². The quantitative estimate of drug-likeness (QED) is 0.787. The zero-order chi connectivity index (χ0) is 20.4. The van der Waals surface area contributed by atoms with Crippen LogP contribution in [0.4, 0.5) is 4.39 Å². The first kappa shape index (κ1) is 19.3. The maximum atomic E-state index is 13.6. The van der Waals surface area contributed by atoms with E-state index in [9.17, 15) is 14.0 Å². The third-order valence-corrected chi connectivity index (χ3v) is 5.49. The summed E-state index contributed by atoms with van der Waals surface area (Å²) < 4.78 is 18.9. The zero-order valence-corrected chi connectivity index (χ0v) is 16.3. The molecule has 1 saturated heterocycles. The minimum atomic E-state index is -0.481. The summed E-state index contributed by atoms with van der Waals surface area (Å²) in [6.45, 7) is 3.72. The predicted octanol–water partition coefficient (Wildman–Crippen LogP) is 1.92. The van der Waals surface area contributed by atoms with Gasteiger partial charge in [0, 0.05) is 57.2 Å². The van der Waals surface area contributed by atoms with E-state index in [0.29, 0.717) is 26.2 Å². The highest BCUT2D eigenvalue weighted by molar-refractivity contribution is 5.78. The number of rotatable bonds is 4. The highest BCUT2D eigenvalue weighted by Gasteiger charge is 2.30. The van der Waals surface area contributed by atoms with Crippen molar-refractivity contribution in [2.24, 2.45) is 0 Å². The van der Waals surface area contributed by atoms with E-state index >= 15 is 0 Å². The van der Waals surface area contributed by atoms with Gasteiger partial charge in [-0.05, 0) is 18.6 Å². The highest BCUT2D eigenvalue weighted by Crippen LogP contribution is 2.27. The minimum absolute atomic E-state index is 0.0577. The summed E-state index contributed by atoms with van der Waals surface area (Å²) in [5.74, 6) is 0.293. The molecule has 1 aromatic heterocycles. The summed E-state index contributed by atoms with van der Waals surface area (Å²) in [5, 5.41) is 0. The van der Waals surface area contributed by atoms with Crippen LogP contribution in [0, 0.1) is 5.82 Å². The Labute approximate surface area is 168 Å². The summed E-state index contributed by atoms with van der Waals surface area (Å²) in [6.07, 6.45) is 3.30. The lowest BCUT2D eigenvalue weighted by atomic mass is 10.0. The molecule has 1 fully saturated rings. The molecule has 3 heterocycles. The second kappa shape index (κ2) is 8.14. The number of halogens is 1. The molecule has 4 rings (SSSR count). The first-order valence-electron chi connectivity index (χ1n) is 9.76. The molecule has 1 aromatic carbocycles. The zero-order valence-electron chi connectivity index (χ0n) is 16.3. The van der Waals surface area contributed by atoms with Gasteiger partial charge in [-0.25, -0.2) is 14.4 Å². The summed E-state index contributed by atoms with van der Waals surface area (Å²) in [4.78, 5) is 36.7. The molecular formula is C21H23FN4O3.